The third-order valence-corrected chi connectivity index (χ3v) is 8.67. The topological polar surface area (TPSA) is 27.7 Å². The van der Waals surface area contributed by atoms with E-state index in [0.717, 1.165) is 50.1 Å². The molecule has 0 heterocycles. The van der Waals surface area contributed by atoms with Crippen molar-refractivity contribution in [3.05, 3.63) is 34.9 Å². The van der Waals surface area contributed by atoms with Crippen molar-refractivity contribution in [3.63, 3.8) is 0 Å². The summed E-state index contributed by atoms with van der Waals surface area (Å²) in [6.45, 7) is 0. The number of hydrogen-bond donors (Lipinski definition) is 0. The molecule has 28 heavy (non-hydrogen) atoms. The van der Waals surface area contributed by atoms with E-state index in [2.05, 4.69) is 0 Å². The lowest BCUT2D eigenvalue weighted by Crippen LogP contribution is -2.42. The fraction of sp³-hybridized carbons (Fsp3) is 0.667. The highest BCUT2D eigenvalue weighted by Crippen LogP contribution is 2.44. The molecule has 0 aliphatic carbocycles. The van der Waals surface area contributed by atoms with E-state index in [9.17, 15) is 0 Å². The molecule has 0 saturated heterocycles. The van der Waals surface area contributed by atoms with Gasteiger partial charge in [0.15, 0.2) is 0 Å². The molecule has 1 rings (SSSR count). The van der Waals surface area contributed by atoms with Crippen molar-refractivity contribution in [2.24, 2.45) is 0 Å². The summed E-state index contributed by atoms with van der Waals surface area (Å²) >= 11 is 36.1. The zero-order chi connectivity index (χ0) is 21.4. The normalized spacial score (nSPS) is 13.2. The van der Waals surface area contributed by atoms with Crippen LogP contribution in [0.25, 0.3) is 0 Å². The molecule has 3 nitrogen and oxygen atoms in total. The minimum Gasteiger partial charge on any atom is -0.377 e. The lowest BCUT2D eigenvalue weighted by molar-refractivity contribution is 0.122. The summed E-state index contributed by atoms with van der Waals surface area (Å²) in [7, 11) is 2.44. The fourth-order valence-corrected chi connectivity index (χ4v) is 5.37. The maximum Gasteiger partial charge on any atom is 0.500 e. The van der Waals surface area contributed by atoms with Crippen LogP contribution in [0.2, 0.25) is 6.04 Å². The van der Waals surface area contributed by atoms with E-state index in [1.54, 1.807) is 27.4 Å². The van der Waals surface area contributed by atoms with Gasteiger partial charge in [0.25, 0.3) is 0 Å². The predicted molar refractivity (Wildman–Crippen MR) is 123 cm³/mol. The highest BCUT2D eigenvalue weighted by molar-refractivity contribution is 6.67. The van der Waals surface area contributed by atoms with E-state index in [0.29, 0.717) is 11.1 Å². The molecule has 0 spiro atoms. The standard InChI is InChI=1S/C18H26Cl6O3Si/c1-25-28(26-2,27-3)10-8-6-4-5-7-9-14-11-15(17(19,20)21)13-16(12-14)18(22,23)24/h11-13H,4-10H2,1-3H3. The Morgan fingerprint density at radius 2 is 1.11 bits per heavy atom. The number of benzene rings is 1. The minimum absolute atomic E-state index is 0.497. The van der Waals surface area contributed by atoms with Crippen molar-refractivity contribution in [1.82, 2.24) is 0 Å². The summed E-state index contributed by atoms with van der Waals surface area (Å²) in [5.74, 6) is 0. The van der Waals surface area contributed by atoms with Crippen molar-refractivity contribution >= 4 is 78.4 Å². The zero-order valence-electron chi connectivity index (χ0n) is 16.2. The molecule has 0 aliphatic heterocycles. The molecule has 1 aromatic carbocycles. The van der Waals surface area contributed by atoms with Crippen molar-refractivity contribution in [2.45, 2.75) is 52.2 Å². The first kappa shape index (κ1) is 27.1. The quantitative estimate of drug-likeness (QED) is 0.166. The number of aryl methyl sites for hydroxylation is 1. The van der Waals surface area contributed by atoms with E-state index in [1.165, 1.54) is 0 Å². The largest absolute Gasteiger partial charge is 0.500 e. The Balaban J connectivity index is 2.53. The van der Waals surface area contributed by atoms with Crippen LogP contribution in [0.4, 0.5) is 0 Å². The van der Waals surface area contributed by atoms with Gasteiger partial charge in [0.2, 0.25) is 7.59 Å². The molecule has 0 saturated carbocycles. The first-order valence-electron chi connectivity index (χ1n) is 8.91. The van der Waals surface area contributed by atoms with Gasteiger partial charge in [0.1, 0.15) is 0 Å². The van der Waals surface area contributed by atoms with Gasteiger partial charge in [-0.15, -0.1) is 0 Å². The lowest BCUT2D eigenvalue weighted by atomic mass is 10.0. The van der Waals surface area contributed by atoms with Crippen LogP contribution in [0.1, 0.15) is 48.8 Å². The maximum absolute atomic E-state index is 6.02. The van der Waals surface area contributed by atoms with Gasteiger partial charge in [0.05, 0.1) is 0 Å². The van der Waals surface area contributed by atoms with Crippen molar-refractivity contribution in [2.75, 3.05) is 21.3 Å². The Morgan fingerprint density at radius 3 is 1.54 bits per heavy atom. The number of hydrogen-bond acceptors (Lipinski definition) is 3. The molecular formula is C18H26Cl6O3Si. The van der Waals surface area contributed by atoms with E-state index in [4.69, 9.17) is 82.9 Å². The molecule has 0 N–H and O–H groups in total. The zero-order valence-corrected chi connectivity index (χ0v) is 21.7. The molecule has 0 aromatic heterocycles. The summed E-state index contributed by atoms with van der Waals surface area (Å²) in [4.78, 5) is 0. The Hall–Kier alpha value is 1.06. The van der Waals surface area contributed by atoms with Gasteiger partial charge in [-0.25, -0.2) is 0 Å². The Morgan fingerprint density at radius 1 is 0.679 bits per heavy atom. The van der Waals surface area contributed by atoms with Crippen LogP contribution < -0.4 is 0 Å². The van der Waals surface area contributed by atoms with Crippen molar-refractivity contribution in [3.8, 4) is 0 Å². The average molecular weight is 531 g/mol. The van der Waals surface area contributed by atoms with Crippen LogP contribution in [-0.4, -0.2) is 30.1 Å². The van der Waals surface area contributed by atoms with Gasteiger partial charge in [-0.05, 0) is 30.9 Å². The molecule has 10 heteroatoms. The molecule has 0 atom stereocenters. The van der Waals surface area contributed by atoms with E-state index in [-0.39, 0.29) is 0 Å². The van der Waals surface area contributed by atoms with E-state index < -0.39 is 16.4 Å². The van der Waals surface area contributed by atoms with Crippen molar-refractivity contribution < 1.29 is 13.3 Å². The molecule has 0 fully saturated rings. The number of halogens is 6. The van der Waals surface area contributed by atoms with Crippen LogP contribution in [0, 0.1) is 0 Å². The first-order chi connectivity index (χ1) is 13.0. The second-order valence-electron chi connectivity index (χ2n) is 6.48. The molecule has 0 radical (unpaired) electrons. The highest BCUT2D eigenvalue weighted by atomic mass is 35.6. The van der Waals surface area contributed by atoms with Gasteiger partial charge < -0.3 is 13.3 Å². The molecule has 0 amide bonds. The molecule has 162 valence electrons. The summed E-state index contributed by atoms with van der Waals surface area (Å²) in [6.07, 6.45) is 6.06. The van der Waals surface area contributed by atoms with Crippen LogP contribution in [-0.2, 0) is 27.3 Å². The summed E-state index contributed by atoms with van der Waals surface area (Å²) in [5.41, 5.74) is 1.97. The Bertz CT molecular complexity index is 559. The van der Waals surface area contributed by atoms with E-state index >= 15 is 0 Å². The molecule has 1 aromatic rings. The molecule has 0 aliphatic rings. The van der Waals surface area contributed by atoms with Crippen LogP contribution in [0.15, 0.2) is 18.2 Å². The molecule has 0 bridgehead atoms. The minimum atomic E-state index is -2.46. The SMILES string of the molecule is CO[Si](CCCCCCCc1cc(C(Cl)(Cl)Cl)cc(C(Cl)(Cl)Cl)c1)(OC)OC. The van der Waals surface area contributed by atoms with Gasteiger partial charge >= 0.3 is 8.80 Å². The average Bonchev–Trinajstić information content (AvgIpc) is 2.63. The predicted octanol–water partition coefficient (Wildman–Crippen LogP) is 7.71. The highest BCUT2D eigenvalue weighted by Gasteiger charge is 2.36. The third-order valence-electron chi connectivity index (χ3n) is 4.53. The van der Waals surface area contributed by atoms with Gasteiger partial charge in [0, 0.05) is 38.5 Å². The summed E-state index contributed by atoms with van der Waals surface area (Å²) < 4.78 is 13.1. The number of alkyl halides is 6. The first-order valence-corrected chi connectivity index (χ1v) is 13.1. The molecular weight excluding hydrogens is 505 g/mol. The maximum atomic E-state index is 6.02. The summed E-state index contributed by atoms with van der Waals surface area (Å²) in [5, 5.41) is 0. The third kappa shape index (κ3) is 9.05. The number of rotatable bonds is 11. The smallest absolute Gasteiger partial charge is 0.377 e. The van der Waals surface area contributed by atoms with Gasteiger partial charge in [-0.3, -0.25) is 0 Å². The summed E-state index contributed by atoms with van der Waals surface area (Å²) in [6, 6.07) is 6.13. The van der Waals surface area contributed by atoms with Crippen LogP contribution in [0.3, 0.4) is 0 Å². The second-order valence-corrected chi connectivity index (χ2v) is 14.1. The number of unbranched alkanes of at least 4 members (excludes halogenated alkanes) is 4. The van der Waals surface area contributed by atoms with Crippen LogP contribution in [0.5, 0.6) is 0 Å². The second kappa shape index (κ2) is 12.2. The molecule has 0 unspecified atom stereocenters. The lowest BCUT2D eigenvalue weighted by Gasteiger charge is -2.24. The monoisotopic (exact) mass is 528 g/mol. The van der Waals surface area contributed by atoms with E-state index in [1.807, 2.05) is 12.1 Å². The van der Waals surface area contributed by atoms with Crippen molar-refractivity contribution in [1.29, 1.82) is 0 Å². The Labute approximate surface area is 199 Å². The van der Waals surface area contributed by atoms with Gasteiger partial charge in [-0.1, -0.05) is 101 Å². The Kier molecular flexibility index (Phi) is 11.8. The van der Waals surface area contributed by atoms with Crippen LogP contribution >= 0.6 is 69.6 Å². The van der Waals surface area contributed by atoms with Gasteiger partial charge in [-0.2, -0.15) is 0 Å². The fourth-order valence-electron chi connectivity index (χ4n) is 2.92.